The molecule has 0 unspecified atom stereocenters. The number of carbonyl (C=O) groups excluding carboxylic acids is 1. The van der Waals surface area contributed by atoms with Crippen molar-refractivity contribution in [1.29, 1.82) is 0 Å². The molecular formula is C16H21Cl2N3O4. The second kappa shape index (κ2) is 9.33. The zero-order chi connectivity index (χ0) is 18.4. The molecule has 2 rings (SSSR count). The average Bonchev–Trinajstić information content (AvgIpc) is 2.53. The van der Waals surface area contributed by atoms with Gasteiger partial charge in [0.25, 0.3) is 0 Å². The number of carboxylic acid groups (broad SMARTS) is 1. The topological polar surface area (TPSA) is 106 Å². The fourth-order valence-electron chi connectivity index (χ4n) is 2.89. The number of halogens is 2. The van der Waals surface area contributed by atoms with Crippen LogP contribution in [0.25, 0.3) is 0 Å². The minimum Gasteiger partial charge on any atom is -0.480 e. The Morgan fingerprint density at radius 1 is 1.32 bits per heavy atom. The molecule has 1 aliphatic rings. The van der Waals surface area contributed by atoms with Crippen LogP contribution in [-0.4, -0.2) is 52.6 Å². The minimum absolute atomic E-state index is 0.0333. The summed E-state index contributed by atoms with van der Waals surface area (Å²) in [4.78, 5) is 28.5. The number of nitrogens with zero attached hydrogens (tertiary/aromatic N) is 2. The van der Waals surface area contributed by atoms with E-state index in [0.29, 0.717) is 25.1 Å². The Kier molecular flexibility index (Phi) is 7.43. The maximum Gasteiger partial charge on any atom is 0.323 e. The van der Waals surface area contributed by atoms with Gasteiger partial charge >= 0.3 is 11.9 Å². The van der Waals surface area contributed by atoms with Gasteiger partial charge in [0.2, 0.25) is 0 Å². The number of piperidine rings is 1. The van der Waals surface area contributed by atoms with Crippen LogP contribution in [0.3, 0.4) is 0 Å². The van der Waals surface area contributed by atoms with Gasteiger partial charge in [-0.25, -0.2) is 4.98 Å². The van der Waals surface area contributed by atoms with Gasteiger partial charge in [-0.15, -0.1) is 0 Å². The highest BCUT2D eigenvalue weighted by molar-refractivity contribution is 6.32. The highest BCUT2D eigenvalue weighted by Gasteiger charge is 2.25. The van der Waals surface area contributed by atoms with Crippen LogP contribution in [0.2, 0.25) is 10.3 Å². The summed E-state index contributed by atoms with van der Waals surface area (Å²) in [5.41, 5.74) is 6.59. The molecule has 1 saturated heterocycles. The van der Waals surface area contributed by atoms with Crippen molar-refractivity contribution in [2.45, 2.75) is 31.9 Å². The first-order valence-corrected chi connectivity index (χ1v) is 8.77. The van der Waals surface area contributed by atoms with E-state index >= 15 is 0 Å². The summed E-state index contributed by atoms with van der Waals surface area (Å²) >= 11 is 11.6. The lowest BCUT2D eigenvalue weighted by atomic mass is 9.90. The molecule has 1 aromatic rings. The Balaban J connectivity index is 1.74. The van der Waals surface area contributed by atoms with Crippen molar-refractivity contribution in [3.8, 4) is 0 Å². The Morgan fingerprint density at radius 2 is 1.92 bits per heavy atom. The Hall–Kier alpha value is -1.41. The van der Waals surface area contributed by atoms with E-state index in [9.17, 15) is 9.59 Å². The lowest BCUT2D eigenvalue weighted by Crippen LogP contribution is -2.40. The van der Waals surface area contributed by atoms with Crippen molar-refractivity contribution >= 4 is 35.1 Å². The second-order valence-electron chi connectivity index (χ2n) is 6.18. The smallest absolute Gasteiger partial charge is 0.323 e. The molecule has 1 aromatic heterocycles. The molecule has 138 valence electrons. The summed E-state index contributed by atoms with van der Waals surface area (Å²) in [5.74, 6) is -1.01. The highest BCUT2D eigenvalue weighted by atomic mass is 35.5. The Morgan fingerprint density at radius 3 is 2.48 bits per heavy atom. The second-order valence-corrected chi connectivity index (χ2v) is 6.96. The van der Waals surface area contributed by atoms with Gasteiger partial charge in [-0.05, 0) is 56.0 Å². The lowest BCUT2D eigenvalue weighted by molar-refractivity contribution is -0.147. The van der Waals surface area contributed by atoms with E-state index in [-0.39, 0.29) is 29.4 Å². The minimum atomic E-state index is -0.824. The predicted molar refractivity (Wildman–Crippen MR) is 93.4 cm³/mol. The number of carbonyl (C=O) groups is 2. The molecule has 2 heterocycles. The number of likely N-dealkylation sites (tertiary alicyclic amines) is 1. The molecule has 1 aliphatic heterocycles. The first-order chi connectivity index (χ1) is 11.8. The lowest BCUT2D eigenvalue weighted by Gasteiger charge is -2.31. The normalized spacial score (nSPS) is 17.2. The number of carboxylic acids is 1. The quantitative estimate of drug-likeness (QED) is 0.541. The van der Waals surface area contributed by atoms with Gasteiger partial charge in [-0.2, -0.15) is 0 Å². The summed E-state index contributed by atoms with van der Waals surface area (Å²) in [7, 11) is 0. The standard InChI is InChI=1S/C16H21Cl2N3O4/c17-13-6-11(7-14(18)20-13)9-25-16(24)12(19)5-10-1-3-21(4-2-10)8-15(22)23/h6-7,10,12H,1-5,8-9,19H2,(H,22,23)/t12-/m0/s1. The molecule has 0 amide bonds. The van der Waals surface area contributed by atoms with Gasteiger partial charge in [-0.3, -0.25) is 14.5 Å². The largest absolute Gasteiger partial charge is 0.480 e. The van der Waals surface area contributed by atoms with Crippen LogP contribution in [0.4, 0.5) is 0 Å². The predicted octanol–water partition coefficient (Wildman–Crippen LogP) is 1.95. The van der Waals surface area contributed by atoms with Crippen molar-refractivity contribution in [1.82, 2.24) is 9.88 Å². The number of hydrogen-bond acceptors (Lipinski definition) is 6. The summed E-state index contributed by atoms with van der Waals surface area (Å²) in [6, 6.07) is 2.44. The van der Waals surface area contributed by atoms with Gasteiger partial charge in [0, 0.05) is 0 Å². The van der Waals surface area contributed by atoms with E-state index in [4.69, 9.17) is 38.8 Å². The van der Waals surface area contributed by atoms with Crippen LogP contribution in [0.5, 0.6) is 0 Å². The third kappa shape index (κ3) is 6.78. The number of hydrogen-bond donors (Lipinski definition) is 2. The summed E-state index contributed by atoms with van der Waals surface area (Å²) in [6.45, 7) is 1.49. The molecule has 0 spiro atoms. The SMILES string of the molecule is N[C@@H](CC1CCN(CC(=O)O)CC1)C(=O)OCc1cc(Cl)nc(Cl)c1. The fraction of sp³-hybridized carbons (Fsp3) is 0.562. The average molecular weight is 390 g/mol. The Bertz CT molecular complexity index is 601. The van der Waals surface area contributed by atoms with Crippen LogP contribution in [-0.2, 0) is 20.9 Å². The third-order valence-electron chi connectivity index (χ3n) is 4.16. The van der Waals surface area contributed by atoms with Crippen molar-refractivity contribution in [3.63, 3.8) is 0 Å². The first-order valence-electron chi connectivity index (χ1n) is 8.02. The summed E-state index contributed by atoms with van der Waals surface area (Å²) in [6.07, 6.45) is 2.17. The van der Waals surface area contributed by atoms with E-state index in [1.807, 2.05) is 4.90 Å². The monoisotopic (exact) mass is 389 g/mol. The van der Waals surface area contributed by atoms with Crippen LogP contribution in [0.15, 0.2) is 12.1 Å². The van der Waals surface area contributed by atoms with E-state index in [1.165, 1.54) is 0 Å². The molecule has 3 N–H and O–H groups in total. The molecule has 0 saturated carbocycles. The van der Waals surface area contributed by atoms with Crippen LogP contribution >= 0.6 is 23.2 Å². The van der Waals surface area contributed by atoms with Crippen LogP contribution in [0.1, 0.15) is 24.8 Å². The number of aromatic nitrogens is 1. The molecule has 0 bridgehead atoms. The number of pyridine rings is 1. The molecule has 9 heteroatoms. The molecule has 0 aliphatic carbocycles. The number of nitrogens with two attached hydrogens (primary N) is 1. The maximum absolute atomic E-state index is 12.1. The molecule has 1 atom stereocenters. The van der Waals surface area contributed by atoms with Crippen LogP contribution < -0.4 is 5.73 Å². The van der Waals surface area contributed by atoms with Gasteiger partial charge in [0.05, 0.1) is 6.54 Å². The van der Waals surface area contributed by atoms with Crippen molar-refractivity contribution in [3.05, 3.63) is 28.0 Å². The summed E-state index contributed by atoms with van der Waals surface area (Å²) in [5, 5.41) is 9.26. The fourth-order valence-corrected chi connectivity index (χ4v) is 3.39. The highest BCUT2D eigenvalue weighted by Crippen LogP contribution is 2.22. The van der Waals surface area contributed by atoms with Gasteiger partial charge in [0.15, 0.2) is 0 Å². The van der Waals surface area contributed by atoms with Crippen LogP contribution in [0, 0.1) is 5.92 Å². The first kappa shape index (κ1) is 19.9. The number of ether oxygens (including phenoxy) is 1. The maximum atomic E-state index is 12.1. The Labute approximate surface area is 156 Å². The summed E-state index contributed by atoms with van der Waals surface area (Å²) < 4.78 is 5.22. The molecule has 25 heavy (non-hydrogen) atoms. The number of esters is 1. The zero-order valence-corrected chi connectivity index (χ0v) is 15.2. The molecular weight excluding hydrogens is 369 g/mol. The molecule has 0 radical (unpaired) electrons. The van der Waals surface area contributed by atoms with Gasteiger partial charge in [-0.1, -0.05) is 23.2 Å². The van der Waals surface area contributed by atoms with E-state index < -0.39 is 18.0 Å². The van der Waals surface area contributed by atoms with Crippen molar-refractivity contribution < 1.29 is 19.4 Å². The van der Waals surface area contributed by atoms with Crippen molar-refractivity contribution in [2.24, 2.45) is 11.7 Å². The zero-order valence-electron chi connectivity index (χ0n) is 13.7. The van der Waals surface area contributed by atoms with Gasteiger partial charge in [0.1, 0.15) is 23.0 Å². The van der Waals surface area contributed by atoms with E-state index in [2.05, 4.69) is 4.98 Å². The number of aliphatic carboxylic acids is 1. The molecule has 1 fully saturated rings. The molecule has 0 aromatic carbocycles. The van der Waals surface area contributed by atoms with E-state index in [0.717, 1.165) is 12.8 Å². The molecule has 7 nitrogen and oxygen atoms in total. The van der Waals surface area contributed by atoms with Gasteiger partial charge < -0.3 is 15.6 Å². The van der Waals surface area contributed by atoms with Crippen molar-refractivity contribution in [2.75, 3.05) is 19.6 Å². The number of rotatable bonds is 7. The third-order valence-corrected chi connectivity index (χ3v) is 4.55. The van der Waals surface area contributed by atoms with E-state index in [1.54, 1.807) is 12.1 Å².